The summed E-state index contributed by atoms with van der Waals surface area (Å²) < 4.78 is 5.74. The minimum absolute atomic E-state index is 0.399. The third-order valence-electron chi connectivity index (χ3n) is 6.09. The van der Waals surface area contributed by atoms with Crippen LogP contribution < -0.4 is 10.6 Å². The second-order valence-electron chi connectivity index (χ2n) is 7.75. The quantitative estimate of drug-likeness (QED) is 0.428. The summed E-state index contributed by atoms with van der Waals surface area (Å²) in [5.74, 6) is 0.502. The molecular formula is C20H23N5O3. The molecule has 28 heavy (non-hydrogen) atoms. The van der Waals surface area contributed by atoms with Gasteiger partial charge in [0, 0.05) is 43.2 Å². The molecule has 8 nitrogen and oxygen atoms in total. The molecule has 3 fully saturated rings. The lowest BCUT2D eigenvalue weighted by atomic mass is 9.91. The summed E-state index contributed by atoms with van der Waals surface area (Å²) in [7, 11) is 0. The van der Waals surface area contributed by atoms with Crippen molar-refractivity contribution in [2.75, 3.05) is 26.2 Å². The molecule has 1 saturated carbocycles. The number of hydrogen-bond acceptors (Lipinski definition) is 5. The molecule has 1 aromatic heterocycles. The first-order valence-electron chi connectivity index (χ1n) is 9.81. The Balaban J connectivity index is 1.31. The Kier molecular flexibility index (Phi) is 4.08. The van der Waals surface area contributed by atoms with E-state index >= 15 is 0 Å². The van der Waals surface area contributed by atoms with E-state index in [0.717, 1.165) is 43.2 Å². The molecule has 3 aliphatic rings. The molecule has 2 saturated heterocycles. The van der Waals surface area contributed by atoms with Gasteiger partial charge in [0.05, 0.1) is 0 Å². The van der Waals surface area contributed by atoms with Crippen molar-refractivity contribution in [3.8, 4) is 0 Å². The third kappa shape index (κ3) is 2.93. The molecule has 2 aromatic rings. The SMILES string of the molecule is N=C(c1ccc2oc(C3NC(=O)NC3=O)cc2c1)N1CCN(C2CCC2)CC1. The lowest BCUT2D eigenvalue weighted by molar-refractivity contribution is -0.120. The number of furan rings is 1. The number of amidine groups is 1. The van der Waals surface area contributed by atoms with E-state index in [9.17, 15) is 9.59 Å². The Hall–Kier alpha value is -2.87. The number of carbonyl (C=O) groups excluding carboxylic acids is 2. The van der Waals surface area contributed by atoms with Crippen molar-refractivity contribution in [3.63, 3.8) is 0 Å². The van der Waals surface area contributed by atoms with Gasteiger partial charge in [-0.2, -0.15) is 0 Å². The van der Waals surface area contributed by atoms with Gasteiger partial charge in [-0.15, -0.1) is 0 Å². The Morgan fingerprint density at radius 3 is 2.54 bits per heavy atom. The number of nitrogens with zero attached hydrogens (tertiary/aromatic N) is 2. The topological polar surface area (TPSA) is 102 Å². The Morgan fingerprint density at radius 1 is 1.11 bits per heavy atom. The van der Waals surface area contributed by atoms with Crippen molar-refractivity contribution in [1.82, 2.24) is 20.4 Å². The molecule has 1 aliphatic carbocycles. The first-order valence-corrected chi connectivity index (χ1v) is 9.81. The molecule has 8 heteroatoms. The van der Waals surface area contributed by atoms with Crippen LogP contribution in [0.1, 0.15) is 36.6 Å². The van der Waals surface area contributed by atoms with E-state index in [1.807, 2.05) is 18.2 Å². The van der Waals surface area contributed by atoms with E-state index < -0.39 is 18.0 Å². The maximum absolute atomic E-state index is 11.8. The molecule has 1 atom stereocenters. The van der Waals surface area contributed by atoms with E-state index in [4.69, 9.17) is 9.83 Å². The predicted molar refractivity (Wildman–Crippen MR) is 103 cm³/mol. The molecule has 0 radical (unpaired) electrons. The number of amides is 3. The summed E-state index contributed by atoms with van der Waals surface area (Å²) in [6, 6.07) is 6.81. The van der Waals surface area contributed by atoms with Gasteiger partial charge < -0.3 is 14.6 Å². The zero-order valence-corrected chi connectivity index (χ0v) is 15.5. The number of hydrogen-bond donors (Lipinski definition) is 3. The fourth-order valence-electron chi connectivity index (χ4n) is 4.22. The summed E-state index contributed by atoms with van der Waals surface area (Å²) in [6.07, 6.45) is 3.98. The van der Waals surface area contributed by atoms with E-state index in [-0.39, 0.29) is 0 Å². The van der Waals surface area contributed by atoms with Crippen LogP contribution in [0.4, 0.5) is 4.79 Å². The third-order valence-corrected chi connectivity index (χ3v) is 6.09. The zero-order valence-electron chi connectivity index (χ0n) is 15.5. The van der Waals surface area contributed by atoms with Crippen molar-refractivity contribution >= 4 is 28.7 Å². The minimum Gasteiger partial charge on any atom is -0.458 e. The number of carbonyl (C=O) groups is 2. The van der Waals surface area contributed by atoms with Gasteiger partial charge in [0.2, 0.25) is 0 Å². The molecule has 2 aliphatic heterocycles. The molecule has 0 bridgehead atoms. The van der Waals surface area contributed by atoms with Crippen molar-refractivity contribution in [3.05, 3.63) is 35.6 Å². The Bertz CT molecular complexity index is 956. The second kappa shape index (κ2) is 6.63. The number of benzene rings is 1. The van der Waals surface area contributed by atoms with Crippen LogP contribution in [0, 0.1) is 5.41 Å². The standard InChI is InChI=1S/C20H23N5O3/c21-18(25-8-6-24(7-9-25)14-2-1-3-14)12-4-5-15-13(10-12)11-16(28-15)17-19(26)23-20(27)22-17/h4-5,10-11,14,17,21H,1-3,6-9H2,(H2,22,23,26,27). The molecular weight excluding hydrogens is 358 g/mol. The number of fused-ring (bicyclic) bond motifs is 1. The summed E-state index contributed by atoms with van der Waals surface area (Å²) in [5, 5.41) is 14.2. The fourth-order valence-corrected chi connectivity index (χ4v) is 4.22. The molecule has 3 N–H and O–H groups in total. The lowest BCUT2D eigenvalue weighted by Crippen LogP contribution is -2.53. The van der Waals surface area contributed by atoms with Crippen molar-refractivity contribution < 1.29 is 14.0 Å². The van der Waals surface area contributed by atoms with Crippen LogP contribution in [0.3, 0.4) is 0 Å². The first-order chi connectivity index (χ1) is 13.6. The predicted octanol–water partition coefficient (Wildman–Crippen LogP) is 1.81. The lowest BCUT2D eigenvalue weighted by Gasteiger charge is -2.43. The van der Waals surface area contributed by atoms with Gasteiger partial charge in [-0.3, -0.25) is 20.4 Å². The Labute approximate surface area is 162 Å². The molecule has 146 valence electrons. The Morgan fingerprint density at radius 2 is 1.89 bits per heavy atom. The van der Waals surface area contributed by atoms with Crippen molar-refractivity contribution in [1.29, 1.82) is 5.41 Å². The van der Waals surface area contributed by atoms with Crippen LogP contribution >= 0.6 is 0 Å². The molecule has 1 unspecified atom stereocenters. The van der Waals surface area contributed by atoms with Gasteiger partial charge in [0.1, 0.15) is 17.2 Å². The number of imide groups is 1. The maximum atomic E-state index is 11.8. The fraction of sp³-hybridized carbons (Fsp3) is 0.450. The average Bonchev–Trinajstić information content (AvgIpc) is 3.21. The monoisotopic (exact) mass is 381 g/mol. The number of urea groups is 1. The van der Waals surface area contributed by atoms with Gasteiger partial charge >= 0.3 is 6.03 Å². The highest BCUT2D eigenvalue weighted by atomic mass is 16.3. The summed E-state index contributed by atoms with van der Waals surface area (Å²) >= 11 is 0. The zero-order chi connectivity index (χ0) is 19.3. The van der Waals surface area contributed by atoms with Crippen LogP contribution in [-0.4, -0.2) is 59.8 Å². The first kappa shape index (κ1) is 17.2. The van der Waals surface area contributed by atoms with Gasteiger partial charge in [0.25, 0.3) is 5.91 Å². The minimum atomic E-state index is -0.803. The van der Waals surface area contributed by atoms with Crippen molar-refractivity contribution in [2.45, 2.75) is 31.3 Å². The van der Waals surface area contributed by atoms with E-state index in [2.05, 4.69) is 20.4 Å². The van der Waals surface area contributed by atoms with Gasteiger partial charge in [-0.1, -0.05) is 6.42 Å². The van der Waals surface area contributed by atoms with Crippen molar-refractivity contribution in [2.24, 2.45) is 0 Å². The molecule has 5 rings (SSSR count). The molecule has 3 heterocycles. The van der Waals surface area contributed by atoms with Crippen LogP contribution in [0.15, 0.2) is 28.7 Å². The largest absolute Gasteiger partial charge is 0.458 e. The van der Waals surface area contributed by atoms with Gasteiger partial charge in [-0.05, 0) is 37.1 Å². The number of nitrogens with one attached hydrogen (secondary N) is 3. The second-order valence-corrected chi connectivity index (χ2v) is 7.75. The summed E-state index contributed by atoms with van der Waals surface area (Å²) in [5.41, 5.74) is 1.46. The van der Waals surface area contributed by atoms with E-state index in [1.165, 1.54) is 19.3 Å². The highest BCUT2D eigenvalue weighted by molar-refractivity contribution is 6.05. The van der Waals surface area contributed by atoms with Gasteiger partial charge in [-0.25, -0.2) is 4.79 Å². The highest BCUT2D eigenvalue weighted by Crippen LogP contribution is 2.28. The molecule has 0 spiro atoms. The number of piperazine rings is 1. The number of rotatable bonds is 3. The smallest absolute Gasteiger partial charge is 0.322 e. The van der Waals surface area contributed by atoms with Crippen LogP contribution in [0.5, 0.6) is 0 Å². The molecule has 1 aromatic carbocycles. The van der Waals surface area contributed by atoms with E-state index in [1.54, 1.807) is 6.07 Å². The molecule has 3 amide bonds. The van der Waals surface area contributed by atoms with Gasteiger partial charge in [0.15, 0.2) is 6.04 Å². The average molecular weight is 381 g/mol. The van der Waals surface area contributed by atoms with Crippen LogP contribution in [0.2, 0.25) is 0 Å². The normalized spacial score (nSPS) is 23.6. The van der Waals surface area contributed by atoms with Crippen LogP contribution in [-0.2, 0) is 4.79 Å². The summed E-state index contributed by atoms with van der Waals surface area (Å²) in [6.45, 7) is 3.78. The van der Waals surface area contributed by atoms with E-state index in [0.29, 0.717) is 17.2 Å². The highest BCUT2D eigenvalue weighted by Gasteiger charge is 2.33. The van der Waals surface area contributed by atoms with Crippen LogP contribution in [0.25, 0.3) is 11.0 Å². The summed E-state index contributed by atoms with van der Waals surface area (Å²) in [4.78, 5) is 27.9. The maximum Gasteiger partial charge on any atom is 0.322 e.